The van der Waals surface area contributed by atoms with Gasteiger partial charge >= 0.3 is 0 Å². The SMILES string of the molecule is CC[C@H](CC(=O)N1CCC[C@H]1C(=O)N1CCOCC1)c1ccccc1. The second-order valence-electron chi connectivity index (χ2n) is 6.90. The molecule has 2 amide bonds. The average molecular weight is 344 g/mol. The Labute approximate surface area is 149 Å². The first-order valence-electron chi connectivity index (χ1n) is 9.41. The highest BCUT2D eigenvalue weighted by atomic mass is 16.5. The van der Waals surface area contributed by atoms with Gasteiger partial charge in [-0.05, 0) is 30.7 Å². The van der Waals surface area contributed by atoms with Crippen LogP contribution in [-0.4, -0.2) is 60.5 Å². The van der Waals surface area contributed by atoms with Crippen molar-refractivity contribution in [2.45, 2.75) is 44.6 Å². The quantitative estimate of drug-likeness (QED) is 0.824. The van der Waals surface area contributed by atoms with Crippen molar-refractivity contribution < 1.29 is 14.3 Å². The van der Waals surface area contributed by atoms with Crippen molar-refractivity contribution in [2.24, 2.45) is 0 Å². The topological polar surface area (TPSA) is 49.9 Å². The molecular formula is C20H28N2O3. The summed E-state index contributed by atoms with van der Waals surface area (Å²) in [5.74, 6) is 0.426. The molecule has 1 aromatic rings. The number of morpholine rings is 1. The first-order chi connectivity index (χ1) is 12.2. The van der Waals surface area contributed by atoms with Crippen molar-refractivity contribution in [3.05, 3.63) is 35.9 Å². The van der Waals surface area contributed by atoms with E-state index >= 15 is 0 Å². The smallest absolute Gasteiger partial charge is 0.245 e. The Bertz CT molecular complexity index is 584. The van der Waals surface area contributed by atoms with E-state index < -0.39 is 0 Å². The van der Waals surface area contributed by atoms with Crippen LogP contribution in [0.5, 0.6) is 0 Å². The third-order valence-corrected chi connectivity index (χ3v) is 5.37. The number of carbonyl (C=O) groups is 2. The minimum atomic E-state index is -0.279. The molecule has 5 nitrogen and oxygen atoms in total. The van der Waals surface area contributed by atoms with Gasteiger partial charge in [0.15, 0.2) is 0 Å². The van der Waals surface area contributed by atoms with Crippen LogP contribution in [0, 0.1) is 0 Å². The van der Waals surface area contributed by atoms with Crippen LogP contribution in [0.3, 0.4) is 0 Å². The number of nitrogens with zero attached hydrogens (tertiary/aromatic N) is 2. The predicted molar refractivity (Wildman–Crippen MR) is 96.2 cm³/mol. The summed E-state index contributed by atoms with van der Waals surface area (Å²) >= 11 is 0. The molecule has 2 aliphatic heterocycles. The second kappa shape index (κ2) is 8.48. The summed E-state index contributed by atoms with van der Waals surface area (Å²) in [6, 6.07) is 9.92. The summed E-state index contributed by atoms with van der Waals surface area (Å²) < 4.78 is 5.33. The second-order valence-corrected chi connectivity index (χ2v) is 6.90. The molecule has 0 radical (unpaired) electrons. The predicted octanol–water partition coefficient (Wildman–Crippen LogP) is 2.42. The van der Waals surface area contributed by atoms with Crippen LogP contribution < -0.4 is 0 Å². The summed E-state index contributed by atoms with van der Waals surface area (Å²) in [6.07, 6.45) is 3.09. The highest BCUT2D eigenvalue weighted by Crippen LogP contribution is 2.27. The molecule has 2 fully saturated rings. The van der Waals surface area contributed by atoms with Crippen LogP contribution in [0.25, 0.3) is 0 Å². The highest BCUT2D eigenvalue weighted by Gasteiger charge is 2.37. The Morgan fingerprint density at radius 3 is 2.56 bits per heavy atom. The lowest BCUT2D eigenvalue weighted by Crippen LogP contribution is -2.51. The molecule has 3 rings (SSSR count). The highest BCUT2D eigenvalue weighted by molar-refractivity contribution is 5.88. The molecule has 0 bridgehead atoms. The molecule has 5 heteroatoms. The monoisotopic (exact) mass is 344 g/mol. The van der Waals surface area contributed by atoms with Gasteiger partial charge in [-0.1, -0.05) is 37.3 Å². The Morgan fingerprint density at radius 2 is 1.88 bits per heavy atom. The summed E-state index contributed by atoms with van der Waals surface area (Å²) in [5.41, 5.74) is 1.20. The molecule has 0 aromatic heterocycles. The van der Waals surface area contributed by atoms with Gasteiger partial charge in [-0.25, -0.2) is 0 Å². The van der Waals surface area contributed by atoms with Gasteiger partial charge in [0.1, 0.15) is 6.04 Å². The van der Waals surface area contributed by atoms with Crippen LogP contribution in [0.1, 0.15) is 44.1 Å². The fourth-order valence-electron chi connectivity index (χ4n) is 3.87. The van der Waals surface area contributed by atoms with Crippen molar-refractivity contribution >= 4 is 11.8 Å². The van der Waals surface area contributed by atoms with E-state index in [0.29, 0.717) is 39.3 Å². The number of amides is 2. The van der Waals surface area contributed by atoms with E-state index in [0.717, 1.165) is 19.3 Å². The molecule has 0 spiro atoms. The standard InChI is InChI=1S/C20H28N2O3/c1-2-16(17-7-4-3-5-8-17)15-19(23)22-10-6-9-18(22)20(24)21-11-13-25-14-12-21/h3-5,7-8,16,18H,2,6,9-15H2,1H3/t16-,18+/m1/s1. The number of rotatable bonds is 5. The summed E-state index contributed by atoms with van der Waals surface area (Å²) in [5, 5.41) is 0. The van der Waals surface area contributed by atoms with Crippen LogP contribution in [0.4, 0.5) is 0 Å². The Morgan fingerprint density at radius 1 is 1.16 bits per heavy atom. The molecule has 2 atom stereocenters. The minimum Gasteiger partial charge on any atom is -0.378 e. The lowest BCUT2D eigenvalue weighted by Gasteiger charge is -2.33. The normalized spacial score (nSPS) is 22.0. The van der Waals surface area contributed by atoms with Crippen molar-refractivity contribution in [1.82, 2.24) is 9.80 Å². The molecule has 2 heterocycles. The van der Waals surface area contributed by atoms with E-state index in [2.05, 4.69) is 19.1 Å². The van der Waals surface area contributed by atoms with Gasteiger partial charge in [0.05, 0.1) is 13.2 Å². The van der Waals surface area contributed by atoms with Crippen LogP contribution in [0.15, 0.2) is 30.3 Å². The number of likely N-dealkylation sites (tertiary alicyclic amines) is 1. The maximum absolute atomic E-state index is 12.9. The van der Waals surface area contributed by atoms with Gasteiger partial charge in [0.25, 0.3) is 0 Å². The van der Waals surface area contributed by atoms with E-state index in [4.69, 9.17) is 4.74 Å². The molecular weight excluding hydrogens is 316 g/mol. The van der Waals surface area contributed by atoms with Gasteiger partial charge in [-0.3, -0.25) is 9.59 Å². The zero-order chi connectivity index (χ0) is 17.6. The van der Waals surface area contributed by atoms with E-state index in [1.165, 1.54) is 5.56 Å². The lowest BCUT2D eigenvalue weighted by molar-refractivity contribution is -0.146. The van der Waals surface area contributed by atoms with Crippen molar-refractivity contribution in [3.8, 4) is 0 Å². The van der Waals surface area contributed by atoms with E-state index in [9.17, 15) is 9.59 Å². The number of hydrogen-bond acceptors (Lipinski definition) is 3. The fourth-order valence-corrected chi connectivity index (χ4v) is 3.87. The number of carbonyl (C=O) groups excluding carboxylic acids is 2. The first-order valence-corrected chi connectivity index (χ1v) is 9.41. The lowest BCUT2D eigenvalue weighted by atomic mass is 9.92. The maximum Gasteiger partial charge on any atom is 0.245 e. The van der Waals surface area contributed by atoms with E-state index in [1.54, 1.807) is 0 Å². The first kappa shape index (κ1) is 17.9. The third kappa shape index (κ3) is 4.21. The molecule has 2 aliphatic rings. The van der Waals surface area contributed by atoms with Gasteiger partial charge in [0, 0.05) is 26.1 Å². The largest absolute Gasteiger partial charge is 0.378 e. The Kier molecular flexibility index (Phi) is 6.08. The average Bonchev–Trinajstić information content (AvgIpc) is 3.16. The summed E-state index contributed by atoms with van der Waals surface area (Å²) in [6.45, 7) is 5.28. The van der Waals surface area contributed by atoms with Crippen molar-refractivity contribution in [2.75, 3.05) is 32.8 Å². The van der Waals surface area contributed by atoms with E-state index in [-0.39, 0.29) is 23.8 Å². The Hall–Kier alpha value is -1.88. The number of ether oxygens (including phenoxy) is 1. The molecule has 2 saturated heterocycles. The molecule has 1 aromatic carbocycles. The van der Waals surface area contributed by atoms with Gasteiger partial charge < -0.3 is 14.5 Å². The van der Waals surface area contributed by atoms with Crippen LogP contribution in [-0.2, 0) is 14.3 Å². The zero-order valence-corrected chi connectivity index (χ0v) is 15.0. The molecule has 0 unspecified atom stereocenters. The van der Waals surface area contributed by atoms with Gasteiger partial charge in [-0.15, -0.1) is 0 Å². The molecule has 136 valence electrons. The molecule has 25 heavy (non-hydrogen) atoms. The molecule has 0 aliphatic carbocycles. The third-order valence-electron chi connectivity index (χ3n) is 5.37. The summed E-state index contributed by atoms with van der Waals surface area (Å²) in [7, 11) is 0. The summed E-state index contributed by atoms with van der Waals surface area (Å²) in [4.78, 5) is 29.4. The van der Waals surface area contributed by atoms with Crippen molar-refractivity contribution in [1.29, 1.82) is 0 Å². The van der Waals surface area contributed by atoms with E-state index in [1.807, 2.05) is 28.0 Å². The fraction of sp³-hybridized carbons (Fsp3) is 0.600. The van der Waals surface area contributed by atoms with Gasteiger partial charge in [0.2, 0.25) is 11.8 Å². The van der Waals surface area contributed by atoms with Crippen LogP contribution >= 0.6 is 0 Å². The number of hydrogen-bond donors (Lipinski definition) is 0. The molecule has 0 N–H and O–H groups in total. The number of benzene rings is 1. The zero-order valence-electron chi connectivity index (χ0n) is 15.0. The maximum atomic E-state index is 12.9. The van der Waals surface area contributed by atoms with Gasteiger partial charge in [-0.2, -0.15) is 0 Å². The van der Waals surface area contributed by atoms with Crippen molar-refractivity contribution in [3.63, 3.8) is 0 Å². The molecule has 0 saturated carbocycles. The van der Waals surface area contributed by atoms with Crippen LogP contribution in [0.2, 0.25) is 0 Å². The Balaban J connectivity index is 1.64. The minimum absolute atomic E-state index is 0.0990.